The number of amides is 1. The number of pyridine rings is 1. The first kappa shape index (κ1) is 17.7. The number of carbonyl (C=O) groups is 1. The van der Waals surface area contributed by atoms with Crippen molar-refractivity contribution in [1.29, 1.82) is 0 Å². The van der Waals surface area contributed by atoms with Crippen LogP contribution < -0.4 is 0 Å². The molecule has 2 aromatic rings. The van der Waals surface area contributed by atoms with Crippen LogP contribution in [0, 0.1) is 24.5 Å². The molecule has 0 unspecified atom stereocenters. The van der Waals surface area contributed by atoms with E-state index in [-0.39, 0.29) is 23.9 Å². The van der Waals surface area contributed by atoms with E-state index < -0.39 is 11.6 Å². The summed E-state index contributed by atoms with van der Waals surface area (Å²) in [6.45, 7) is 4.32. The van der Waals surface area contributed by atoms with E-state index in [4.69, 9.17) is 0 Å². The zero-order valence-corrected chi connectivity index (χ0v) is 15.8. The molecule has 6 rings (SSSR count). The SMILES string of the molecule is Cc1cccc(C(=O)N2C[C@@H](c3cc(F)cc(F)c3)[C@@H]3[C@H]2C2CCN3CC2)n1. The van der Waals surface area contributed by atoms with Crippen molar-refractivity contribution < 1.29 is 13.6 Å². The number of aromatic nitrogens is 1. The van der Waals surface area contributed by atoms with Crippen molar-refractivity contribution in [3.63, 3.8) is 0 Å². The zero-order chi connectivity index (χ0) is 19.4. The Balaban J connectivity index is 1.54. The molecule has 6 heteroatoms. The number of aryl methyl sites for hydroxylation is 1. The molecule has 0 saturated carbocycles. The van der Waals surface area contributed by atoms with E-state index >= 15 is 0 Å². The molecule has 3 atom stereocenters. The van der Waals surface area contributed by atoms with Gasteiger partial charge in [0.25, 0.3) is 5.91 Å². The van der Waals surface area contributed by atoms with Gasteiger partial charge in [0.1, 0.15) is 17.3 Å². The lowest BCUT2D eigenvalue weighted by molar-refractivity contribution is -0.00361. The van der Waals surface area contributed by atoms with Gasteiger partial charge in [-0.3, -0.25) is 9.69 Å². The Hall–Kier alpha value is -2.34. The molecule has 4 aliphatic rings. The Morgan fingerprint density at radius 1 is 1.07 bits per heavy atom. The molecule has 146 valence electrons. The zero-order valence-electron chi connectivity index (χ0n) is 15.8. The highest BCUT2D eigenvalue weighted by atomic mass is 19.1. The van der Waals surface area contributed by atoms with Crippen LogP contribution in [0.3, 0.4) is 0 Å². The van der Waals surface area contributed by atoms with Crippen LogP contribution in [0.4, 0.5) is 8.78 Å². The maximum Gasteiger partial charge on any atom is 0.272 e. The molecular weight excluding hydrogens is 360 g/mol. The lowest BCUT2D eigenvalue weighted by Crippen LogP contribution is -2.60. The molecule has 4 saturated heterocycles. The van der Waals surface area contributed by atoms with Crippen LogP contribution in [0.5, 0.6) is 0 Å². The summed E-state index contributed by atoms with van der Waals surface area (Å²) < 4.78 is 27.8. The fourth-order valence-corrected chi connectivity index (χ4v) is 5.55. The molecule has 28 heavy (non-hydrogen) atoms. The van der Waals surface area contributed by atoms with Crippen molar-refractivity contribution in [2.24, 2.45) is 5.92 Å². The second-order valence-electron chi connectivity index (χ2n) is 8.29. The maximum absolute atomic E-state index is 13.9. The number of fused-ring (bicyclic) bond motifs is 2. The Bertz CT molecular complexity index is 905. The van der Waals surface area contributed by atoms with Crippen LogP contribution in [0.15, 0.2) is 36.4 Å². The number of hydrogen-bond acceptors (Lipinski definition) is 3. The molecule has 2 bridgehead atoms. The smallest absolute Gasteiger partial charge is 0.272 e. The van der Waals surface area contributed by atoms with Gasteiger partial charge in [-0.1, -0.05) is 6.07 Å². The Kier molecular flexibility index (Phi) is 4.19. The molecule has 0 aliphatic carbocycles. The van der Waals surface area contributed by atoms with Gasteiger partial charge in [0, 0.05) is 30.3 Å². The van der Waals surface area contributed by atoms with Gasteiger partial charge in [-0.15, -0.1) is 0 Å². The van der Waals surface area contributed by atoms with Crippen molar-refractivity contribution >= 4 is 5.91 Å². The third kappa shape index (κ3) is 2.82. The molecule has 0 radical (unpaired) electrons. The minimum Gasteiger partial charge on any atom is -0.332 e. The van der Waals surface area contributed by atoms with Gasteiger partial charge in [0.2, 0.25) is 0 Å². The van der Waals surface area contributed by atoms with Gasteiger partial charge < -0.3 is 4.90 Å². The molecule has 0 spiro atoms. The molecule has 5 heterocycles. The van der Waals surface area contributed by atoms with E-state index in [2.05, 4.69) is 9.88 Å². The summed E-state index contributed by atoms with van der Waals surface area (Å²) in [5.41, 5.74) is 1.90. The van der Waals surface area contributed by atoms with E-state index in [0.29, 0.717) is 23.7 Å². The summed E-state index contributed by atoms with van der Waals surface area (Å²) >= 11 is 0. The average molecular weight is 383 g/mol. The number of piperidine rings is 3. The van der Waals surface area contributed by atoms with Crippen LogP contribution in [0.2, 0.25) is 0 Å². The van der Waals surface area contributed by atoms with Gasteiger partial charge in [0.15, 0.2) is 0 Å². The first-order valence-corrected chi connectivity index (χ1v) is 9.96. The number of likely N-dealkylation sites (tertiary alicyclic amines) is 1. The molecule has 1 amide bonds. The molecule has 1 aromatic carbocycles. The number of hydrogen-bond donors (Lipinski definition) is 0. The predicted molar refractivity (Wildman–Crippen MR) is 101 cm³/mol. The molecule has 4 fully saturated rings. The quantitative estimate of drug-likeness (QED) is 0.798. The van der Waals surface area contributed by atoms with E-state index in [0.717, 1.165) is 37.7 Å². The van der Waals surface area contributed by atoms with Gasteiger partial charge in [0.05, 0.1) is 6.04 Å². The summed E-state index contributed by atoms with van der Waals surface area (Å²) in [6, 6.07) is 9.41. The van der Waals surface area contributed by atoms with Gasteiger partial charge in [-0.2, -0.15) is 0 Å². The summed E-state index contributed by atoms with van der Waals surface area (Å²) in [5, 5.41) is 0. The molecular formula is C22H23F2N3O. The standard InChI is InChI=1S/C22H23F2N3O/c1-13-3-2-4-19(25-13)22(28)27-12-18(15-9-16(23)11-17(24)10-15)21-20(27)14-5-7-26(21)8-6-14/h2-4,9-11,14,18,20-21H,5-8,12H2,1H3/t18-,20+,21+/m0/s1. The van der Waals surface area contributed by atoms with Crippen LogP contribution in [0.25, 0.3) is 0 Å². The van der Waals surface area contributed by atoms with Crippen LogP contribution in [0.1, 0.15) is 40.5 Å². The average Bonchev–Trinajstić information content (AvgIpc) is 3.10. The lowest BCUT2D eigenvalue weighted by Gasteiger charge is -2.51. The highest BCUT2D eigenvalue weighted by Crippen LogP contribution is 2.47. The number of carbonyl (C=O) groups excluding carboxylic acids is 1. The third-order valence-corrected chi connectivity index (χ3v) is 6.68. The highest BCUT2D eigenvalue weighted by Gasteiger charge is 2.54. The highest BCUT2D eigenvalue weighted by molar-refractivity contribution is 5.93. The van der Waals surface area contributed by atoms with Crippen molar-refractivity contribution in [1.82, 2.24) is 14.8 Å². The van der Waals surface area contributed by atoms with E-state index in [1.54, 1.807) is 6.07 Å². The van der Waals surface area contributed by atoms with E-state index in [1.807, 2.05) is 24.0 Å². The number of benzene rings is 1. The fourth-order valence-electron chi connectivity index (χ4n) is 5.55. The normalized spacial score (nSPS) is 31.1. The van der Waals surface area contributed by atoms with Gasteiger partial charge in [-0.25, -0.2) is 13.8 Å². The molecule has 4 nitrogen and oxygen atoms in total. The Labute approximate surface area is 163 Å². The number of nitrogens with zero attached hydrogens (tertiary/aromatic N) is 3. The number of rotatable bonds is 2. The van der Waals surface area contributed by atoms with Crippen molar-refractivity contribution in [2.45, 2.75) is 37.8 Å². The molecule has 0 N–H and O–H groups in total. The van der Waals surface area contributed by atoms with Gasteiger partial charge >= 0.3 is 0 Å². The van der Waals surface area contributed by atoms with Crippen LogP contribution in [-0.2, 0) is 0 Å². The molecule has 1 aromatic heterocycles. The van der Waals surface area contributed by atoms with E-state index in [1.165, 1.54) is 12.1 Å². The third-order valence-electron chi connectivity index (χ3n) is 6.68. The topological polar surface area (TPSA) is 36.4 Å². The van der Waals surface area contributed by atoms with Crippen LogP contribution in [-0.4, -0.2) is 52.4 Å². The van der Waals surface area contributed by atoms with E-state index in [9.17, 15) is 13.6 Å². The minimum absolute atomic E-state index is 0.0770. The first-order chi connectivity index (χ1) is 13.5. The maximum atomic E-state index is 13.9. The monoisotopic (exact) mass is 383 g/mol. The second kappa shape index (κ2) is 6.62. The van der Waals surface area contributed by atoms with Crippen LogP contribution >= 0.6 is 0 Å². The van der Waals surface area contributed by atoms with Crippen molar-refractivity contribution in [3.8, 4) is 0 Å². The predicted octanol–water partition coefficient (Wildman–Crippen LogP) is 3.37. The summed E-state index contributed by atoms with van der Waals surface area (Å²) in [4.78, 5) is 22.1. The summed E-state index contributed by atoms with van der Waals surface area (Å²) in [7, 11) is 0. The first-order valence-electron chi connectivity index (χ1n) is 9.96. The van der Waals surface area contributed by atoms with Crippen molar-refractivity contribution in [3.05, 3.63) is 65.0 Å². The second-order valence-corrected chi connectivity index (χ2v) is 8.29. The Morgan fingerprint density at radius 2 is 1.79 bits per heavy atom. The fraction of sp³-hybridized carbons (Fsp3) is 0.455. The largest absolute Gasteiger partial charge is 0.332 e. The van der Waals surface area contributed by atoms with Gasteiger partial charge in [-0.05, 0) is 68.6 Å². The molecule has 4 aliphatic heterocycles. The minimum atomic E-state index is -0.562. The number of halogens is 2. The Morgan fingerprint density at radius 3 is 2.46 bits per heavy atom. The summed E-state index contributed by atoms with van der Waals surface area (Å²) in [5.74, 6) is -0.855. The summed E-state index contributed by atoms with van der Waals surface area (Å²) in [6.07, 6.45) is 2.13. The van der Waals surface area contributed by atoms with Crippen molar-refractivity contribution in [2.75, 3.05) is 19.6 Å². The lowest BCUT2D eigenvalue weighted by atomic mass is 9.75.